The summed E-state index contributed by atoms with van der Waals surface area (Å²) in [5.41, 5.74) is 4.15. The highest BCUT2D eigenvalue weighted by Gasteiger charge is 2.32. The number of hydrogen-bond acceptors (Lipinski definition) is 5. The Morgan fingerprint density at radius 3 is 2.69 bits per heavy atom. The van der Waals surface area contributed by atoms with Crippen molar-refractivity contribution < 1.29 is 9.59 Å². The lowest BCUT2D eigenvalue weighted by Gasteiger charge is -2.16. The number of rotatable bonds is 5. The van der Waals surface area contributed by atoms with Gasteiger partial charge in [-0.1, -0.05) is 47.6 Å². The molecular weight excluding hydrogens is 406 g/mol. The molecule has 148 valence electrons. The second kappa shape index (κ2) is 8.93. The molecule has 2 aliphatic rings. The van der Waals surface area contributed by atoms with Crippen LogP contribution in [0.3, 0.4) is 0 Å². The molecule has 1 heterocycles. The molecule has 4 rings (SSSR count). The van der Waals surface area contributed by atoms with Crippen LogP contribution in [0.25, 0.3) is 0 Å². The van der Waals surface area contributed by atoms with Gasteiger partial charge in [-0.05, 0) is 60.6 Å². The van der Waals surface area contributed by atoms with Crippen molar-refractivity contribution in [2.75, 3.05) is 0 Å². The first kappa shape index (κ1) is 19.9. The van der Waals surface area contributed by atoms with Crippen molar-refractivity contribution in [3.8, 4) is 0 Å². The molecule has 2 aromatic rings. The van der Waals surface area contributed by atoms with E-state index in [4.69, 9.17) is 11.6 Å². The van der Waals surface area contributed by atoms with Crippen LogP contribution in [0, 0.1) is 0 Å². The van der Waals surface area contributed by atoms with Gasteiger partial charge in [0.05, 0.1) is 11.5 Å². The minimum Gasteiger partial charge on any atom is -0.303 e. The summed E-state index contributed by atoms with van der Waals surface area (Å²) in [5, 5.41) is 11.3. The highest BCUT2D eigenvalue weighted by atomic mass is 35.5. The van der Waals surface area contributed by atoms with Gasteiger partial charge in [0, 0.05) is 17.0 Å². The highest BCUT2D eigenvalue weighted by molar-refractivity contribution is 8.15. The number of thioether (sulfide) groups is 1. The lowest BCUT2D eigenvalue weighted by atomic mass is 9.89. The molecule has 1 aliphatic carbocycles. The predicted molar refractivity (Wildman–Crippen MR) is 118 cm³/mol. The Labute approximate surface area is 178 Å². The van der Waals surface area contributed by atoms with Crippen LogP contribution in [0.15, 0.2) is 52.7 Å². The van der Waals surface area contributed by atoms with Gasteiger partial charge in [-0.15, -0.1) is 5.10 Å². The van der Waals surface area contributed by atoms with Gasteiger partial charge in [0.15, 0.2) is 11.0 Å². The molecule has 7 heteroatoms. The number of Topliss-reactive ketones (excluding diaryl/α,β-unsaturated/α-hetero) is 1. The van der Waals surface area contributed by atoms with Crippen molar-refractivity contribution in [1.29, 1.82) is 0 Å². The number of ketones is 1. The Morgan fingerprint density at radius 1 is 1.14 bits per heavy atom. The van der Waals surface area contributed by atoms with E-state index in [2.05, 4.69) is 21.6 Å². The summed E-state index contributed by atoms with van der Waals surface area (Å²) in [6.07, 6.45) is 6.22. The summed E-state index contributed by atoms with van der Waals surface area (Å²) in [6.45, 7) is 0. The summed E-state index contributed by atoms with van der Waals surface area (Å²) >= 11 is 7.09. The van der Waals surface area contributed by atoms with Crippen LogP contribution in [0.5, 0.6) is 0 Å². The Hall–Kier alpha value is -2.44. The van der Waals surface area contributed by atoms with E-state index in [1.807, 2.05) is 24.3 Å². The van der Waals surface area contributed by atoms with Gasteiger partial charge in [0.2, 0.25) is 5.91 Å². The third kappa shape index (κ3) is 4.95. The van der Waals surface area contributed by atoms with Crippen molar-refractivity contribution in [3.63, 3.8) is 0 Å². The van der Waals surface area contributed by atoms with Gasteiger partial charge in [-0.25, -0.2) is 0 Å². The van der Waals surface area contributed by atoms with Crippen molar-refractivity contribution in [3.05, 3.63) is 69.7 Å². The standard InChI is InChI=1S/C22H20ClN3O2S/c23-18-9-5-14(6-10-18)13-24-26-22-25-21(28)20(29-22)12-19(27)17-8-7-15-3-1-2-4-16(15)11-17/h5-11,13,20H,1-4,12H2,(H,25,26,28)/b24-13+. The van der Waals surface area contributed by atoms with Gasteiger partial charge in [0.25, 0.3) is 0 Å². The zero-order chi connectivity index (χ0) is 20.2. The van der Waals surface area contributed by atoms with E-state index >= 15 is 0 Å². The summed E-state index contributed by atoms with van der Waals surface area (Å²) in [5.74, 6) is -0.223. The van der Waals surface area contributed by atoms with Crippen LogP contribution in [0.4, 0.5) is 0 Å². The molecule has 1 amide bonds. The topological polar surface area (TPSA) is 70.9 Å². The van der Waals surface area contributed by atoms with Crippen molar-refractivity contribution in [2.45, 2.75) is 37.4 Å². The Balaban J connectivity index is 1.38. The number of aryl methyl sites for hydroxylation is 2. The molecule has 0 saturated carbocycles. The molecule has 5 nitrogen and oxygen atoms in total. The van der Waals surface area contributed by atoms with E-state index in [-0.39, 0.29) is 18.1 Å². The second-order valence-electron chi connectivity index (χ2n) is 7.11. The highest BCUT2D eigenvalue weighted by Crippen LogP contribution is 2.26. The van der Waals surface area contributed by atoms with Gasteiger partial charge in [0.1, 0.15) is 0 Å². The van der Waals surface area contributed by atoms with E-state index in [1.165, 1.54) is 35.7 Å². The molecule has 0 spiro atoms. The summed E-state index contributed by atoms with van der Waals surface area (Å²) in [6, 6.07) is 13.1. The average Bonchev–Trinajstić information content (AvgIpc) is 3.08. The Morgan fingerprint density at radius 2 is 1.90 bits per heavy atom. The molecule has 2 aromatic carbocycles. The average molecular weight is 426 g/mol. The normalized spacial score (nSPS) is 20.1. The van der Waals surface area contributed by atoms with E-state index in [0.29, 0.717) is 15.8 Å². The third-order valence-electron chi connectivity index (χ3n) is 5.04. The Kier molecular flexibility index (Phi) is 6.11. The number of amides is 1. The van der Waals surface area contributed by atoms with Crippen LogP contribution in [0.1, 0.15) is 46.3 Å². The largest absolute Gasteiger partial charge is 0.303 e. The molecule has 1 atom stereocenters. The smallest absolute Gasteiger partial charge is 0.240 e. The molecule has 1 N–H and O–H groups in total. The molecular formula is C22H20ClN3O2S. The van der Waals surface area contributed by atoms with Gasteiger partial charge in [-0.3, -0.25) is 9.59 Å². The number of halogens is 1. The SMILES string of the molecule is O=C(CC1S/C(=N/N=C/c2ccc(Cl)cc2)NC1=O)c1ccc2c(c1)CCCC2. The predicted octanol–water partition coefficient (Wildman–Crippen LogP) is 4.41. The fourth-order valence-electron chi connectivity index (χ4n) is 3.48. The van der Waals surface area contributed by atoms with Crippen LogP contribution in [0.2, 0.25) is 5.02 Å². The molecule has 0 radical (unpaired) electrons. The number of fused-ring (bicyclic) bond motifs is 1. The maximum absolute atomic E-state index is 12.7. The number of carbonyl (C=O) groups excluding carboxylic acids is 2. The van der Waals surface area contributed by atoms with E-state index in [9.17, 15) is 9.59 Å². The van der Waals surface area contributed by atoms with Gasteiger partial charge < -0.3 is 5.32 Å². The second-order valence-corrected chi connectivity index (χ2v) is 8.74. The lowest BCUT2D eigenvalue weighted by molar-refractivity contribution is -0.118. The first-order valence-electron chi connectivity index (χ1n) is 9.57. The summed E-state index contributed by atoms with van der Waals surface area (Å²) < 4.78 is 0. The number of nitrogens with zero attached hydrogens (tertiary/aromatic N) is 2. The maximum Gasteiger partial charge on any atom is 0.240 e. The van der Waals surface area contributed by atoms with Gasteiger partial charge >= 0.3 is 0 Å². The first-order chi connectivity index (χ1) is 14.1. The minimum absolute atomic E-state index is 0.0167. The zero-order valence-electron chi connectivity index (χ0n) is 15.7. The van der Waals surface area contributed by atoms with E-state index in [1.54, 1.807) is 18.3 Å². The zero-order valence-corrected chi connectivity index (χ0v) is 17.3. The molecule has 29 heavy (non-hydrogen) atoms. The molecule has 1 fully saturated rings. The quantitative estimate of drug-likeness (QED) is 0.438. The fraction of sp³-hybridized carbons (Fsp3) is 0.273. The Bertz CT molecular complexity index is 1000. The van der Waals surface area contributed by atoms with Crippen LogP contribution in [-0.4, -0.2) is 28.3 Å². The van der Waals surface area contributed by atoms with E-state index in [0.717, 1.165) is 18.4 Å². The molecule has 1 saturated heterocycles. The minimum atomic E-state index is -0.483. The number of nitrogens with one attached hydrogen (secondary N) is 1. The summed E-state index contributed by atoms with van der Waals surface area (Å²) in [4.78, 5) is 24.9. The van der Waals surface area contributed by atoms with Crippen LogP contribution in [-0.2, 0) is 17.6 Å². The number of benzene rings is 2. The number of hydrogen-bond donors (Lipinski definition) is 1. The van der Waals surface area contributed by atoms with E-state index < -0.39 is 5.25 Å². The summed E-state index contributed by atoms with van der Waals surface area (Å²) in [7, 11) is 0. The van der Waals surface area contributed by atoms with Crippen LogP contribution >= 0.6 is 23.4 Å². The fourth-order valence-corrected chi connectivity index (χ4v) is 4.53. The van der Waals surface area contributed by atoms with Crippen molar-refractivity contribution in [1.82, 2.24) is 5.32 Å². The monoisotopic (exact) mass is 425 g/mol. The number of carbonyl (C=O) groups is 2. The van der Waals surface area contributed by atoms with Gasteiger partial charge in [-0.2, -0.15) is 5.10 Å². The van der Waals surface area contributed by atoms with Crippen LogP contribution < -0.4 is 5.32 Å². The van der Waals surface area contributed by atoms with Crippen molar-refractivity contribution in [2.24, 2.45) is 10.2 Å². The molecule has 0 aromatic heterocycles. The molecule has 1 aliphatic heterocycles. The first-order valence-corrected chi connectivity index (χ1v) is 10.8. The lowest BCUT2D eigenvalue weighted by Crippen LogP contribution is -2.26. The maximum atomic E-state index is 12.7. The third-order valence-corrected chi connectivity index (χ3v) is 6.37. The van der Waals surface area contributed by atoms with Crippen molar-refractivity contribution >= 4 is 46.4 Å². The number of amidine groups is 1. The molecule has 1 unspecified atom stereocenters. The molecule has 0 bridgehead atoms.